The van der Waals surface area contributed by atoms with E-state index in [9.17, 15) is 9.59 Å². The third kappa shape index (κ3) is 6.04. The Labute approximate surface area is 78.2 Å². The number of hydrogen-bond donors (Lipinski definition) is 0. The number of nitrogens with zero attached hydrogens (tertiary/aromatic N) is 1. The van der Waals surface area contributed by atoms with E-state index in [0.29, 0.717) is 6.04 Å². The van der Waals surface area contributed by atoms with Crippen molar-refractivity contribution in [2.45, 2.75) is 13.0 Å². The molecule has 1 aliphatic rings. The van der Waals surface area contributed by atoms with E-state index < -0.39 is 11.9 Å². The Hall–Kier alpha value is -1.16. The van der Waals surface area contributed by atoms with Gasteiger partial charge in [-0.3, -0.25) is 0 Å². The Balaban J connectivity index is 0.000000226. The maximum absolute atomic E-state index is 9.92. The molecule has 0 saturated carbocycles. The highest BCUT2D eigenvalue weighted by Crippen LogP contribution is 1.92. The number of carbonyl (C=O) groups excluding carboxylic acids is 2. The molecule has 0 N–H and O–H groups in total. The molecule has 0 spiro atoms. The van der Waals surface area contributed by atoms with Crippen LogP contribution in [0.5, 0.6) is 0 Å². The Morgan fingerprint density at radius 3 is 1.69 bits per heavy atom. The van der Waals surface area contributed by atoms with Gasteiger partial charge >= 0.3 is 11.9 Å². The first-order chi connectivity index (χ1) is 5.93. The molecular formula is C9H14NO3. The second-order valence-electron chi connectivity index (χ2n) is 2.89. The maximum Gasteiger partial charge on any atom is 0.338 e. The summed E-state index contributed by atoms with van der Waals surface area (Å²) in [5.74, 6) is -1.16. The number of rotatable bonds is 1. The van der Waals surface area contributed by atoms with E-state index in [0.717, 1.165) is 12.2 Å². The van der Waals surface area contributed by atoms with Gasteiger partial charge in [0.15, 0.2) is 0 Å². The monoisotopic (exact) mass is 184 g/mol. The first kappa shape index (κ1) is 11.8. The largest absolute Gasteiger partial charge is 0.387 e. The van der Waals surface area contributed by atoms with Crippen LogP contribution in [0, 0.1) is 6.92 Å². The average molecular weight is 184 g/mol. The summed E-state index contributed by atoms with van der Waals surface area (Å²) in [4.78, 5) is 21.9. The summed E-state index contributed by atoms with van der Waals surface area (Å²) in [6.45, 7) is 5.82. The molecule has 4 heteroatoms. The Bertz CT molecular complexity index is 197. The van der Waals surface area contributed by atoms with Gasteiger partial charge in [-0.05, 0) is 27.9 Å². The van der Waals surface area contributed by atoms with E-state index in [2.05, 4.69) is 23.5 Å². The lowest BCUT2D eigenvalue weighted by molar-refractivity contribution is -0.150. The van der Waals surface area contributed by atoms with Crippen LogP contribution in [0.3, 0.4) is 0 Å². The van der Waals surface area contributed by atoms with Crippen molar-refractivity contribution in [3.63, 3.8) is 0 Å². The third-order valence-electron chi connectivity index (χ3n) is 1.44. The molecule has 4 nitrogen and oxygen atoms in total. The molecule has 1 aliphatic heterocycles. The molecule has 0 aromatic rings. The van der Waals surface area contributed by atoms with Crippen LogP contribution in [0.15, 0.2) is 12.2 Å². The van der Waals surface area contributed by atoms with Gasteiger partial charge in [0.1, 0.15) is 0 Å². The van der Waals surface area contributed by atoms with Crippen molar-refractivity contribution in [1.29, 1.82) is 0 Å². The molecule has 1 unspecified atom stereocenters. The molecule has 0 bridgehead atoms. The molecule has 1 rings (SSSR count). The number of ether oxygens (including phenoxy) is 1. The minimum atomic E-state index is -0.579. The van der Waals surface area contributed by atoms with Crippen LogP contribution in [-0.4, -0.2) is 37.0 Å². The highest BCUT2D eigenvalue weighted by atomic mass is 16.6. The van der Waals surface area contributed by atoms with E-state index in [1.807, 2.05) is 14.1 Å². The fourth-order valence-electron chi connectivity index (χ4n) is 0.303. The first-order valence-corrected chi connectivity index (χ1v) is 3.87. The molecule has 1 atom stereocenters. The average Bonchev–Trinajstić information content (AvgIpc) is 2.35. The van der Waals surface area contributed by atoms with E-state index >= 15 is 0 Å². The highest BCUT2D eigenvalue weighted by molar-refractivity contribution is 6.04. The number of carbonyl (C=O) groups is 2. The van der Waals surface area contributed by atoms with Gasteiger partial charge in [0.2, 0.25) is 0 Å². The fraction of sp³-hybridized carbons (Fsp3) is 0.444. The van der Waals surface area contributed by atoms with Crippen LogP contribution in [0.25, 0.3) is 0 Å². The van der Waals surface area contributed by atoms with Gasteiger partial charge in [-0.2, -0.15) is 0 Å². The Morgan fingerprint density at radius 1 is 1.31 bits per heavy atom. The lowest BCUT2D eigenvalue weighted by Crippen LogP contribution is -2.20. The number of cyclic esters (lactones) is 2. The van der Waals surface area contributed by atoms with Gasteiger partial charge in [0.25, 0.3) is 0 Å². The maximum atomic E-state index is 9.92. The molecule has 0 saturated heterocycles. The Morgan fingerprint density at radius 2 is 1.62 bits per heavy atom. The van der Waals surface area contributed by atoms with Crippen molar-refractivity contribution in [3.8, 4) is 0 Å². The van der Waals surface area contributed by atoms with Crippen LogP contribution in [0.2, 0.25) is 0 Å². The van der Waals surface area contributed by atoms with Gasteiger partial charge in [0.05, 0.1) is 0 Å². The minimum absolute atomic E-state index is 0.435. The van der Waals surface area contributed by atoms with Gasteiger partial charge in [-0.15, -0.1) is 0 Å². The fourth-order valence-corrected chi connectivity index (χ4v) is 0.303. The minimum Gasteiger partial charge on any atom is -0.387 e. The zero-order chi connectivity index (χ0) is 10.4. The molecule has 1 radical (unpaired) electrons. The van der Waals surface area contributed by atoms with Crippen molar-refractivity contribution >= 4 is 11.9 Å². The smallest absolute Gasteiger partial charge is 0.338 e. The third-order valence-corrected chi connectivity index (χ3v) is 1.44. The second-order valence-corrected chi connectivity index (χ2v) is 2.89. The highest BCUT2D eigenvalue weighted by Gasteiger charge is 2.10. The second kappa shape index (κ2) is 5.48. The van der Waals surface area contributed by atoms with Crippen molar-refractivity contribution in [2.75, 3.05) is 14.1 Å². The van der Waals surface area contributed by atoms with Crippen LogP contribution in [-0.2, 0) is 14.3 Å². The molecule has 1 heterocycles. The molecular weight excluding hydrogens is 170 g/mol. The van der Waals surface area contributed by atoms with Gasteiger partial charge in [-0.1, -0.05) is 0 Å². The molecule has 0 aromatic heterocycles. The van der Waals surface area contributed by atoms with E-state index in [1.165, 1.54) is 0 Å². The van der Waals surface area contributed by atoms with Crippen molar-refractivity contribution in [2.24, 2.45) is 0 Å². The summed E-state index contributed by atoms with van der Waals surface area (Å²) < 4.78 is 3.97. The first-order valence-electron chi connectivity index (χ1n) is 3.87. The topological polar surface area (TPSA) is 46.6 Å². The van der Waals surface area contributed by atoms with Crippen molar-refractivity contribution < 1.29 is 14.3 Å². The molecule has 0 fully saturated rings. The number of esters is 2. The predicted octanol–water partition coefficient (Wildman–Crippen LogP) is 0.397. The van der Waals surface area contributed by atoms with Gasteiger partial charge in [0, 0.05) is 18.2 Å². The van der Waals surface area contributed by atoms with Crippen LogP contribution < -0.4 is 0 Å². The summed E-state index contributed by atoms with van der Waals surface area (Å²) in [6.07, 6.45) is 2.17. The van der Waals surface area contributed by atoms with Crippen LogP contribution in [0.1, 0.15) is 6.92 Å². The summed E-state index contributed by atoms with van der Waals surface area (Å²) in [5, 5.41) is 0. The van der Waals surface area contributed by atoms with Gasteiger partial charge in [-0.25, -0.2) is 9.59 Å². The normalized spacial score (nSPS) is 14.6. The molecule has 13 heavy (non-hydrogen) atoms. The lowest BCUT2D eigenvalue weighted by Gasteiger charge is -2.12. The predicted molar refractivity (Wildman–Crippen MR) is 48.7 cm³/mol. The molecule has 0 aromatic carbocycles. The molecule has 73 valence electrons. The summed E-state index contributed by atoms with van der Waals surface area (Å²) in [7, 11) is 4.02. The zero-order valence-electron chi connectivity index (χ0n) is 8.11. The van der Waals surface area contributed by atoms with Gasteiger partial charge < -0.3 is 9.64 Å². The SMILES string of the molecule is O=C1C=CC(=O)O1.[CH2]C(C)N(C)C. The molecule has 0 aliphatic carbocycles. The summed E-state index contributed by atoms with van der Waals surface area (Å²) >= 11 is 0. The molecule has 0 amide bonds. The standard InChI is InChI=1S/C5H12N.C4H2O3/c1-5(2)6(3)4;5-3-1-2-4(6)7-3/h5H,1H2,2-4H3;1-2H. The zero-order valence-corrected chi connectivity index (χ0v) is 8.11. The quantitative estimate of drug-likeness (QED) is 0.437. The number of hydrogen-bond acceptors (Lipinski definition) is 4. The lowest BCUT2D eigenvalue weighted by atomic mass is 10.4. The van der Waals surface area contributed by atoms with Crippen LogP contribution >= 0.6 is 0 Å². The van der Waals surface area contributed by atoms with E-state index in [1.54, 1.807) is 0 Å². The van der Waals surface area contributed by atoms with E-state index in [-0.39, 0.29) is 0 Å². The Kier molecular flexibility index (Phi) is 4.99. The van der Waals surface area contributed by atoms with Crippen molar-refractivity contribution in [3.05, 3.63) is 19.1 Å². The summed E-state index contributed by atoms with van der Waals surface area (Å²) in [5.41, 5.74) is 0. The summed E-state index contributed by atoms with van der Waals surface area (Å²) in [6, 6.07) is 0.435. The van der Waals surface area contributed by atoms with E-state index in [4.69, 9.17) is 0 Å². The van der Waals surface area contributed by atoms with Crippen molar-refractivity contribution in [1.82, 2.24) is 4.90 Å². The van der Waals surface area contributed by atoms with Crippen LogP contribution in [0.4, 0.5) is 0 Å².